The first-order valence-electron chi connectivity index (χ1n) is 4.20. The van der Waals surface area contributed by atoms with Crippen molar-refractivity contribution in [2.45, 2.75) is 11.4 Å². The summed E-state index contributed by atoms with van der Waals surface area (Å²) in [6, 6.07) is 0. The molecule has 1 aromatic heterocycles. The Bertz CT molecular complexity index is 255. The molecular weight excluding hydrogens is 230 g/mol. The quantitative estimate of drug-likeness (QED) is 0.457. The Morgan fingerprint density at radius 3 is 2.54 bits per heavy atom. The van der Waals surface area contributed by atoms with Gasteiger partial charge in [0.25, 0.3) is 0 Å². The molecule has 1 rings (SSSR count). The Morgan fingerprint density at radius 2 is 2.08 bits per heavy atom. The van der Waals surface area contributed by atoms with Crippen LogP contribution in [0.2, 0.25) is 0 Å². The number of aromatic nitrogens is 2. The van der Waals surface area contributed by atoms with Gasteiger partial charge in [0.1, 0.15) is 4.95 Å². The number of likely N-dealkylation sites (N-methyl/N-ethyl adjacent to an activating group) is 1. The normalized spacial score (nSPS) is 14.2. The zero-order valence-corrected chi connectivity index (χ0v) is 9.82. The van der Waals surface area contributed by atoms with E-state index in [0.29, 0.717) is 4.95 Å². The summed E-state index contributed by atoms with van der Waals surface area (Å²) < 4.78 is 0.872. The van der Waals surface area contributed by atoms with Crippen LogP contribution in [0.3, 0.4) is 0 Å². The lowest BCUT2D eigenvalue weighted by atomic mass is 10.3. The van der Waals surface area contributed by atoms with E-state index in [1.807, 2.05) is 6.20 Å². The Morgan fingerprint density at radius 1 is 1.38 bits per heavy atom. The van der Waals surface area contributed by atoms with E-state index in [2.05, 4.69) is 47.0 Å². The molecule has 72 valence electrons. The van der Waals surface area contributed by atoms with Crippen LogP contribution in [0.1, 0.15) is 5.69 Å². The molecule has 1 unspecified atom stereocenters. The van der Waals surface area contributed by atoms with Crippen molar-refractivity contribution in [2.75, 3.05) is 21.1 Å². The van der Waals surface area contributed by atoms with Crippen LogP contribution >= 0.6 is 15.9 Å². The van der Waals surface area contributed by atoms with Gasteiger partial charge in [-0.3, -0.25) is 9.97 Å². The van der Waals surface area contributed by atoms with Gasteiger partial charge < -0.3 is 4.48 Å². The Hall–Kier alpha value is -0.480. The van der Waals surface area contributed by atoms with Crippen LogP contribution in [-0.4, -0.2) is 40.5 Å². The monoisotopic (exact) mass is 244 g/mol. The average Bonchev–Trinajstić information content (AvgIpc) is 2.04. The number of hydrogen-bond donors (Lipinski definition) is 0. The van der Waals surface area contributed by atoms with Crippen molar-refractivity contribution in [1.82, 2.24) is 9.97 Å². The summed E-state index contributed by atoms with van der Waals surface area (Å²) in [5.74, 6) is 0. The predicted molar refractivity (Wildman–Crippen MR) is 56.5 cm³/mol. The highest BCUT2D eigenvalue weighted by Gasteiger charge is 2.20. The van der Waals surface area contributed by atoms with Gasteiger partial charge in [0.05, 0.1) is 33.3 Å². The zero-order valence-electron chi connectivity index (χ0n) is 8.24. The summed E-state index contributed by atoms with van der Waals surface area (Å²) in [5.41, 5.74) is 1.03. The molecule has 1 aromatic rings. The number of nitrogens with zero attached hydrogens (tertiary/aromatic N) is 3. The summed E-state index contributed by atoms with van der Waals surface area (Å²) in [6.45, 7) is 0. The molecule has 0 aliphatic rings. The van der Waals surface area contributed by atoms with Crippen LogP contribution in [0.5, 0.6) is 0 Å². The maximum absolute atomic E-state index is 4.23. The van der Waals surface area contributed by atoms with Gasteiger partial charge in [-0.05, 0) is 15.9 Å². The minimum atomic E-state index is 0.379. The van der Waals surface area contributed by atoms with Crippen LogP contribution in [0.25, 0.3) is 0 Å². The molecule has 0 aromatic carbocycles. The molecule has 0 saturated heterocycles. The van der Waals surface area contributed by atoms with Gasteiger partial charge in [-0.2, -0.15) is 0 Å². The van der Waals surface area contributed by atoms with Crippen molar-refractivity contribution in [3.05, 3.63) is 24.3 Å². The molecule has 0 aliphatic carbocycles. The van der Waals surface area contributed by atoms with E-state index in [-0.39, 0.29) is 0 Å². The first-order chi connectivity index (χ1) is 6.00. The molecule has 1 heterocycles. The zero-order chi connectivity index (χ0) is 9.90. The minimum absolute atomic E-state index is 0.379. The molecule has 0 aliphatic heterocycles. The lowest BCUT2D eigenvalue weighted by molar-refractivity contribution is -0.878. The van der Waals surface area contributed by atoms with Gasteiger partial charge >= 0.3 is 0 Å². The lowest BCUT2D eigenvalue weighted by Gasteiger charge is -2.29. The second-order valence-electron chi connectivity index (χ2n) is 3.95. The van der Waals surface area contributed by atoms with Crippen LogP contribution < -0.4 is 0 Å². The molecule has 0 N–H and O–H groups in total. The highest BCUT2D eigenvalue weighted by Crippen LogP contribution is 2.14. The fraction of sp³-hybridized carbons (Fsp3) is 0.556. The van der Waals surface area contributed by atoms with Crippen LogP contribution in [0, 0.1) is 0 Å². The molecule has 3 nitrogen and oxygen atoms in total. The molecule has 0 radical (unpaired) electrons. The van der Waals surface area contributed by atoms with Crippen molar-refractivity contribution < 1.29 is 4.48 Å². The van der Waals surface area contributed by atoms with Gasteiger partial charge in [-0.15, -0.1) is 0 Å². The third-order valence-corrected chi connectivity index (χ3v) is 3.39. The van der Waals surface area contributed by atoms with E-state index in [4.69, 9.17) is 0 Å². The predicted octanol–water partition coefficient (Wildman–Crippen LogP) is 1.45. The number of halogens is 1. The minimum Gasteiger partial charge on any atom is -0.319 e. The maximum atomic E-state index is 4.23. The standard InChI is InChI=1S/C9H15BrN3/c1-13(2,3)9(10)6-8-7-11-4-5-12-8/h4-5,7,9H,6H2,1-3H3/q+1. The second-order valence-corrected chi connectivity index (χ2v) is 5.01. The Labute approximate surface area is 87.5 Å². The average molecular weight is 245 g/mol. The molecule has 0 bridgehead atoms. The number of rotatable bonds is 3. The molecule has 0 amide bonds. The number of hydrogen-bond acceptors (Lipinski definition) is 2. The van der Waals surface area contributed by atoms with E-state index in [1.165, 1.54) is 0 Å². The van der Waals surface area contributed by atoms with Gasteiger partial charge in [-0.1, -0.05) is 0 Å². The first kappa shape index (κ1) is 10.6. The second kappa shape index (κ2) is 4.15. The van der Waals surface area contributed by atoms with E-state index in [1.54, 1.807) is 12.4 Å². The summed E-state index contributed by atoms with van der Waals surface area (Å²) in [5, 5.41) is 0. The number of alkyl halides is 1. The first-order valence-corrected chi connectivity index (χ1v) is 5.12. The Balaban J connectivity index is 2.61. The maximum Gasteiger partial charge on any atom is 0.149 e. The SMILES string of the molecule is C[N+](C)(C)C(Br)Cc1cnccn1. The molecule has 13 heavy (non-hydrogen) atoms. The number of quaternary nitrogens is 1. The van der Waals surface area contributed by atoms with Crippen molar-refractivity contribution in [3.8, 4) is 0 Å². The van der Waals surface area contributed by atoms with Gasteiger partial charge in [-0.25, -0.2) is 0 Å². The van der Waals surface area contributed by atoms with Crippen LogP contribution in [0.15, 0.2) is 18.6 Å². The largest absolute Gasteiger partial charge is 0.319 e. The summed E-state index contributed by atoms with van der Waals surface area (Å²) >= 11 is 3.64. The summed E-state index contributed by atoms with van der Waals surface area (Å²) in [7, 11) is 6.45. The highest BCUT2D eigenvalue weighted by molar-refractivity contribution is 9.09. The molecule has 4 heteroatoms. The van der Waals surface area contributed by atoms with Gasteiger partial charge in [0.2, 0.25) is 0 Å². The van der Waals surface area contributed by atoms with E-state index in [9.17, 15) is 0 Å². The van der Waals surface area contributed by atoms with Crippen molar-refractivity contribution in [3.63, 3.8) is 0 Å². The van der Waals surface area contributed by atoms with Crippen molar-refractivity contribution >= 4 is 15.9 Å². The third kappa shape index (κ3) is 3.40. The van der Waals surface area contributed by atoms with Crippen LogP contribution in [0.4, 0.5) is 0 Å². The molecule has 1 atom stereocenters. The fourth-order valence-electron chi connectivity index (χ4n) is 0.882. The summed E-state index contributed by atoms with van der Waals surface area (Å²) in [6.07, 6.45) is 6.13. The summed E-state index contributed by atoms with van der Waals surface area (Å²) in [4.78, 5) is 8.64. The topological polar surface area (TPSA) is 25.8 Å². The van der Waals surface area contributed by atoms with E-state index in [0.717, 1.165) is 16.6 Å². The van der Waals surface area contributed by atoms with E-state index >= 15 is 0 Å². The molecule has 0 saturated carbocycles. The third-order valence-electron chi connectivity index (χ3n) is 1.83. The van der Waals surface area contributed by atoms with Gasteiger partial charge in [0.15, 0.2) is 0 Å². The Kier molecular flexibility index (Phi) is 3.39. The van der Waals surface area contributed by atoms with Crippen molar-refractivity contribution in [1.29, 1.82) is 0 Å². The lowest BCUT2D eigenvalue weighted by Crippen LogP contribution is -2.42. The van der Waals surface area contributed by atoms with Gasteiger partial charge in [0, 0.05) is 18.6 Å². The molecule has 0 spiro atoms. The fourth-order valence-corrected chi connectivity index (χ4v) is 1.21. The molecule has 0 fully saturated rings. The van der Waals surface area contributed by atoms with Crippen molar-refractivity contribution in [2.24, 2.45) is 0 Å². The van der Waals surface area contributed by atoms with E-state index < -0.39 is 0 Å². The smallest absolute Gasteiger partial charge is 0.149 e. The highest BCUT2D eigenvalue weighted by atomic mass is 79.9. The molecular formula is C9H15BrN3+. The van der Waals surface area contributed by atoms with Crippen LogP contribution in [-0.2, 0) is 6.42 Å².